The van der Waals surface area contributed by atoms with Crippen LogP contribution < -0.4 is 5.73 Å². The highest BCUT2D eigenvalue weighted by atomic mass is 79.9. The van der Waals surface area contributed by atoms with Crippen LogP contribution in [0.3, 0.4) is 0 Å². The molecule has 5 heteroatoms. The lowest BCUT2D eigenvalue weighted by atomic mass is 10.0. The summed E-state index contributed by atoms with van der Waals surface area (Å²) in [5, 5.41) is 2.08. The van der Waals surface area contributed by atoms with Crippen LogP contribution in [-0.2, 0) is 6.42 Å². The molecule has 3 N–H and O–H groups in total. The maximum absolute atomic E-state index is 6.28. The second kappa shape index (κ2) is 6.75. The molecule has 2 heterocycles. The number of rotatable bonds is 5. The van der Waals surface area contributed by atoms with Gasteiger partial charge in [-0.25, -0.2) is 0 Å². The SMILES string of the molecule is Cc1c(Cl)ccc2c(CCCCN)c(-c3ccc(Br)s3)[nH]c12. The Morgan fingerprint density at radius 2 is 2.05 bits per heavy atom. The van der Waals surface area contributed by atoms with Crippen molar-refractivity contribution in [2.75, 3.05) is 6.54 Å². The first-order valence-corrected chi connectivity index (χ1v) is 9.36. The summed E-state index contributed by atoms with van der Waals surface area (Å²) in [5.41, 5.74) is 10.5. The molecule has 3 aromatic rings. The van der Waals surface area contributed by atoms with E-state index in [0.717, 1.165) is 45.7 Å². The van der Waals surface area contributed by atoms with E-state index in [4.69, 9.17) is 17.3 Å². The molecule has 0 saturated carbocycles. The summed E-state index contributed by atoms with van der Waals surface area (Å²) in [4.78, 5) is 4.85. The van der Waals surface area contributed by atoms with Crippen molar-refractivity contribution in [2.24, 2.45) is 5.73 Å². The number of H-pyrrole nitrogens is 1. The molecule has 3 rings (SSSR count). The van der Waals surface area contributed by atoms with Crippen molar-refractivity contribution in [1.29, 1.82) is 0 Å². The van der Waals surface area contributed by atoms with Crippen molar-refractivity contribution in [1.82, 2.24) is 4.98 Å². The van der Waals surface area contributed by atoms with Crippen LogP contribution >= 0.6 is 38.9 Å². The fraction of sp³-hybridized carbons (Fsp3) is 0.294. The molecule has 0 aliphatic heterocycles. The molecule has 0 atom stereocenters. The minimum atomic E-state index is 0.743. The number of aromatic nitrogens is 1. The quantitative estimate of drug-likeness (QED) is 0.517. The molecule has 0 fully saturated rings. The number of benzene rings is 1. The number of nitrogens with two attached hydrogens (primary N) is 1. The van der Waals surface area contributed by atoms with Crippen LogP contribution in [0, 0.1) is 6.92 Å². The Kier molecular flexibility index (Phi) is 4.93. The second-order valence-corrected chi connectivity index (χ2v) is 8.29. The molecule has 0 unspecified atom stereocenters. The van der Waals surface area contributed by atoms with Crippen molar-refractivity contribution >= 4 is 49.8 Å². The zero-order valence-electron chi connectivity index (χ0n) is 12.4. The molecule has 0 saturated heterocycles. The molecule has 2 aromatic heterocycles. The number of aryl methyl sites for hydroxylation is 2. The van der Waals surface area contributed by atoms with Crippen molar-refractivity contribution in [3.63, 3.8) is 0 Å². The maximum atomic E-state index is 6.28. The van der Waals surface area contributed by atoms with Crippen molar-refractivity contribution in [2.45, 2.75) is 26.2 Å². The third kappa shape index (κ3) is 2.98. The molecule has 0 bridgehead atoms. The fourth-order valence-corrected chi connectivity index (χ4v) is 4.37. The van der Waals surface area contributed by atoms with E-state index in [1.54, 1.807) is 11.3 Å². The van der Waals surface area contributed by atoms with Gasteiger partial charge >= 0.3 is 0 Å². The van der Waals surface area contributed by atoms with Crippen molar-refractivity contribution in [3.05, 3.63) is 44.2 Å². The van der Waals surface area contributed by atoms with Gasteiger partial charge < -0.3 is 10.7 Å². The molecule has 0 amide bonds. The van der Waals surface area contributed by atoms with Gasteiger partial charge in [0, 0.05) is 10.4 Å². The number of aromatic amines is 1. The number of thiophene rings is 1. The third-order valence-electron chi connectivity index (χ3n) is 3.98. The van der Waals surface area contributed by atoms with E-state index in [1.165, 1.54) is 21.5 Å². The van der Waals surface area contributed by atoms with Gasteiger partial charge in [-0.1, -0.05) is 17.7 Å². The van der Waals surface area contributed by atoms with Gasteiger partial charge in [0.15, 0.2) is 0 Å². The monoisotopic (exact) mass is 396 g/mol. The first-order chi connectivity index (χ1) is 10.6. The summed E-state index contributed by atoms with van der Waals surface area (Å²) in [7, 11) is 0. The molecular formula is C17H18BrClN2S. The van der Waals surface area contributed by atoms with Crippen LogP contribution in [0.5, 0.6) is 0 Å². The van der Waals surface area contributed by atoms with E-state index in [9.17, 15) is 0 Å². The Labute approximate surface area is 147 Å². The molecule has 0 aliphatic carbocycles. The highest BCUT2D eigenvalue weighted by molar-refractivity contribution is 9.11. The molecular weight excluding hydrogens is 380 g/mol. The zero-order chi connectivity index (χ0) is 15.7. The number of fused-ring (bicyclic) bond motifs is 1. The van der Waals surface area contributed by atoms with Crippen LogP contribution in [0.25, 0.3) is 21.5 Å². The molecule has 1 aromatic carbocycles. The Balaban J connectivity index is 2.16. The van der Waals surface area contributed by atoms with Gasteiger partial charge in [0.05, 0.1) is 19.9 Å². The summed E-state index contributed by atoms with van der Waals surface area (Å²) in [6.07, 6.45) is 3.18. The molecule has 0 spiro atoms. The summed E-state index contributed by atoms with van der Waals surface area (Å²) >= 11 is 11.6. The van der Waals surface area contributed by atoms with Crippen LogP contribution in [0.2, 0.25) is 5.02 Å². The molecule has 2 nitrogen and oxygen atoms in total. The van der Waals surface area contributed by atoms with Crippen LogP contribution in [0.15, 0.2) is 28.1 Å². The van der Waals surface area contributed by atoms with Gasteiger partial charge in [-0.15, -0.1) is 11.3 Å². The minimum absolute atomic E-state index is 0.743. The topological polar surface area (TPSA) is 41.8 Å². The number of nitrogens with one attached hydrogen (secondary N) is 1. The van der Waals surface area contributed by atoms with Crippen molar-refractivity contribution in [3.8, 4) is 10.6 Å². The smallest absolute Gasteiger partial charge is 0.0705 e. The average Bonchev–Trinajstić information content (AvgIpc) is 3.08. The lowest BCUT2D eigenvalue weighted by Crippen LogP contribution is -1.99. The normalized spacial score (nSPS) is 11.5. The van der Waals surface area contributed by atoms with E-state index < -0.39 is 0 Å². The maximum Gasteiger partial charge on any atom is 0.0705 e. The Morgan fingerprint density at radius 3 is 2.73 bits per heavy atom. The van der Waals surface area contributed by atoms with Crippen molar-refractivity contribution < 1.29 is 0 Å². The summed E-state index contributed by atoms with van der Waals surface area (Å²) in [6.45, 7) is 2.81. The highest BCUT2D eigenvalue weighted by Crippen LogP contribution is 2.38. The van der Waals surface area contributed by atoms with Gasteiger partial charge in [-0.2, -0.15) is 0 Å². The summed E-state index contributed by atoms with van der Waals surface area (Å²) in [6, 6.07) is 8.37. The zero-order valence-corrected chi connectivity index (χ0v) is 15.5. The fourth-order valence-electron chi connectivity index (χ4n) is 2.80. The predicted octanol–water partition coefficient (Wildman–Crippen LogP) is 5.90. The Bertz CT molecular complexity index is 806. The number of unbranched alkanes of at least 4 members (excludes halogenated alkanes) is 1. The third-order valence-corrected chi connectivity index (χ3v) is 6.03. The molecule has 0 radical (unpaired) electrons. The van der Waals surface area contributed by atoms with E-state index in [2.05, 4.69) is 46.0 Å². The molecule has 116 valence electrons. The van der Waals surface area contributed by atoms with Crippen LogP contribution in [0.4, 0.5) is 0 Å². The number of hydrogen-bond donors (Lipinski definition) is 2. The van der Waals surface area contributed by atoms with Gasteiger partial charge in [0.2, 0.25) is 0 Å². The van der Waals surface area contributed by atoms with Crippen LogP contribution in [-0.4, -0.2) is 11.5 Å². The summed E-state index contributed by atoms with van der Waals surface area (Å²) < 4.78 is 1.14. The lowest BCUT2D eigenvalue weighted by molar-refractivity contribution is 0.748. The summed E-state index contributed by atoms with van der Waals surface area (Å²) in [5.74, 6) is 0. The van der Waals surface area contributed by atoms with Gasteiger partial charge in [0.1, 0.15) is 0 Å². The molecule has 22 heavy (non-hydrogen) atoms. The predicted molar refractivity (Wildman–Crippen MR) is 101 cm³/mol. The number of halogens is 2. The average molecular weight is 398 g/mol. The largest absolute Gasteiger partial charge is 0.353 e. The molecule has 0 aliphatic rings. The lowest BCUT2D eigenvalue weighted by Gasteiger charge is -2.03. The van der Waals surface area contributed by atoms with E-state index >= 15 is 0 Å². The van der Waals surface area contributed by atoms with E-state index in [1.807, 2.05) is 6.07 Å². The standard InChI is InChI=1S/C17H18BrClN2S/c1-10-13(19)6-5-12-11(4-2-3-9-20)17(21-16(10)12)14-7-8-15(18)22-14/h5-8,21H,2-4,9,20H2,1H3. The first kappa shape index (κ1) is 16.1. The van der Waals surface area contributed by atoms with E-state index in [-0.39, 0.29) is 0 Å². The minimum Gasteiger partial charge on any atom is -0.353 e. The van der Waals surface area contributed by atoms with Gasteiger partial charge in [-0.3, -0.25) is 0 Å². The Hall–Kier alpha value is -0.810. The first-order valence-electron chi connectivity index (χ1n) is 7.37. The van der Waals surface area contributed by atoms with E-state index in [0.29, 0.717) is 0 Å². The van der Waals surface area contributed by atoms with Crippen LogP contribution in [0.1, 0.15) is 24.0 Å². The highest BCUT2D eigenvalue weighted by Gasteiger charge is 2.16. The number of hydrogen-bond acceptors (Lipinski definition) is 2. The van der Waals surface area contributed by atoms with Gasteiger partial charge in [0.25, 0.3) is 0 Å². The second-order valence-electron chi connectivity index (χ2n) is 5.42. The van der Waals surface area contributed by atoms with Gasteiger partial charge in [-0.05, 0) is 78.0 Å². The Morgan fingerprint density at radius 1 is 1.23 bits per heavy atom.